The van der Waals surface area contributed by atoms with Gasteiger partial charge in [0.15, 0.2) is 11.0 Å². The van der Waals surface area contributed by atoms with Gasteiger partial charge in [0, 0.05) is 16.9 Å². The van der Waals surface area contributed by atoms with Crippen LogP contribution in [0.1, 0.15) is 12.5 Å². The number of aryl methyl sites for hydroxylation is 1. The van der Waals surface area contributed by atoms with E-state index in [4.69, 9.17) is 0 Å². The van der Waals surface area contributed by atoms with E-state index in [-0.39, 0.29) is 11.7 Å². The first kappa shape index (κ1) is 24.5. The fourth-order valence-electron chi connectivity index (χ4n) is 4.00. The zero-order valence-electron chi connectivity index (χ0n) is 20.4. The lowest BCUT2D eigenvalue weighted by atomic mass is 10.0. The summed E-state index contributed by atoms with van der Waals surface area (Å²) >= 11 is 1.27. The summed E-state index contributed by atoms with van der Waals surface area (Å²) in [6.45, 7) is 3.82. The Balaban J connectivity index is 1.45. The highest BCUT2D eigenvalue weighted by molar-refractivity contribution is 8.00. The molecule has 0 saturated heterocycles. The molecule has 0 radical (unpaired) electrons. The molecule has 5 nitrogen and oxygen atoms in total. The third kappa shape index (κ3) is 5.32. The number of thioether (sulfide) groups is 1. The predicted octanol–water partition coefficient (Wildman–Crippen LogP) is 7.17. The van der Waals surface area contributed by atoms with Crippen LogP contribution in [0.3, 0.4) is 0 Å². The first-order valence-electron chi connectivity index (χ1n) is 11.9. The van der Waals surface area contributed by atoms with Crippen molar-refractivity contribution in [2.75, 3.05) is 5.32 Å². The van der Waals surface area contributed by atoms with Crippen molar-refractivity contribution in [3.8, 4) is 28.2 Å². The Morgan fingerprint density at radius 3 is 2.22 bits per heavy atom. The highest BCUT2D eigenvalue weighted by atomic mass is 32.2. The number of carbonyl (C=O) groups is 1. The summed E-state index contributed by atoms with van der Waals surface area (Å²) in [5.41, 5.74) is 4.93. The van der Waals surface area contributed by atoms with Crippen LogP contribution >= 0.6 is 11.8 Å². The Hall–Kier alpha value is -4.23. The number of amides is 1. The van der Waals surface area contributed by atoms with Crippen molar-refractivity contribution in [1.82, 2.24) is 14.8 Å². The van der Waals surface area contributed by atoms with Crippen molar-refractivity contribution >= 4 is 23.4 Å². The maximum absolute atomic E-state index is 14.7. The van der Waals surface area contributed by atoms with Gasteiger partial charge in [0.05, 0.1) is 10.8 Å². The molecule has 7 heteroatoms. The third-order valence-electron chi connectivity index (χ3n) is 5.96. The molecule has 1 unspecified atom stereocenters. The summed E-state index contributed by atoms with van der Waals surface area (Å²) in [4.78, 5) is 13.3. The number of hydrogen-bond donors (Lipinski definition) is 1. The van der Waals surface area contributed by atoms with E-state index < -0.39 is 5.25 Å². The van der Waals surface area contributed by atoms with E-state index in [2.05, 4.69) is 15.5 Å². The number of nitrogens with zero attached hydrogens (tertiary/aromatic N) is 3. The van der Waals surface area contributed by atoms with Crippen LogP contribution in [-0.2, 0) is 4.79 Å². The SMILES string of the molecule is Cc1ccc(-n2c(SC(C)C(=O)Nc3ccccc3-c3ccccc3)nnc2-c2ccccc2F)cc1. The molecule has 5 rings (SSSR count). The maximum Gasteiger partial charge on any atom is 0.237 e. The van der Waals surface area contributed by atoms with Gasteiger partial charge in [-0.3, -0.25) is 9.36 Å². The van der Waals surface area contributed by atoms with Crippen LogP contribution in [0.25, 0.3) is 28.2 Å². The number of para-hydroxylation sites is 1. The van der Waals surface area contributed by atoms with E-state index in [1.807, 2.05) is 92.7 Å². The number of halogens is 1. The molecule has 0 aliphatic rings. The van der Waals surface area contributed by atoms with Gasteiger partial charge >= 0.3 is 0 Å². The normalized spacial score (nSPS) is 11.8. The highest BCUT2D eigenvalue weighted by Crippen LogP contribution is 2.33. The molecule has 0 aliphatic heterocycles. The summed E-state index contributed by atoms with van der Waals surface area (Å²) in [5.74, 6) is -0.172. The van der Waals surface area contributed by atoms with Crippen molar-refractivity contribution in [2.45, 2.75) is 24.3 Å². The van der Waals surface area contributed by atoms with E-state index in [9.17, 15) is 9.18 Å². The van der Waals surface area contributed by atoms with Crippen LogP contribution in [0.2, 0.25) is 0 Å². The lowest BCUT2D eigenvalue weighted by Crippen LogP contribution is -2.23. The standard InChI is InChI=1S/C30H25FN4OS/c1-20-16-18-23(19-17-20)35-28(25-13-6-8-14-26(25)31)33-34-30(35)37-21(2)29(36)32-27-15-9-7-12-24(27)22-10-4-3-5-11-22/h3-19,21H,1-2H3,(H,32,36). The van der Waals surface area contributed by atoms with E-state index in [0.29, 0.717) is 16.5 Å². The van der Waals surface area contributed by atoms with Gasteiger partial charge in [-0.2, -0.15) is 0 Å². The minimum atomic E-state index is -0.495. The van der Waals surface area contributed by atoms with E-state index in [1.165, 1.54) is 17.8 Å². The Morgan fingerprint density at radius 1 is 0.838 bits per heavy atom. The molecule has 1 heterocycles. The van der Waals surface area contributed by atoms with Crippen LogP contribution in [0.4, 0.5) is 10.1 Å². The van der Waals surface area contributed by atoms with Crippen LogP contribution in [0, 0.1) is 12.7 Å². The predicted molar refractivity (Wildman–Crippen MR) is 147 cm³/mol. The van der Waals surface area contributed by atoms with Gasteiger partial charge in [0.2, 0.25) is 5.91 Å². The van der Waals surface area contributed by atoms with Crippen molar-refractivity contribution in [1.29, 1.82) is 0 Å². The molecule has 0 saturated carbocycles. The van der Waals surface area contributed by atoms with Gasteiger partial charge in [-0.1, -0.05) is 90.1 Å². The van der Waals surface area contributed by atoms with Gasteiger partial charge < -0.3 is 5.32 Å². The minimum Gasteiger partial charge on any atom is -0.325 e. The van der Waals surface area contributed by atoms with Crippen LogP contribution in [-0.4, -0.2) is 25.9 Å². The van der Waals surface area contributed by atoms with E-state index in [1.54, 1.807) is 22.8 Å². The molecule has 0 bridgehead atoms. The number of nitrogens with one attached hydrogen (secondary N) is 1. The second kappa shape index (κ2) is 10.8. The molecule has 0 aliphatic carbocycles. The zero-order valence-corrected chi connectivity index (χ0v) is 21.2. The summed E-state index contributed by atoms with van der Waals surface area (Å²) in [6, 6.07) is 32.0. The molecule has 1 atom stereocenters. The molecule has 37 heavy (non-hydrogen) atoms. The second-order valence-electron chi connectivity index (χ2n) is 8.62. The third-order valence-corrected chi connectivity index (χ3v) is 7.00. The van der Waals surface area contributed by atoms with Crippen LogP contribution < -0.4 is 5.32 Å². The molecule has 4 aromatic carbocycles. The number of aromatic nitrogens is 3. The molecular weight excluding hydrogens is 483 g/mol. The number of anilines is 1. The van der Waals surface area contributed by atoms with Gasteiger partial charge in [-0.05, 0) is 49.7 Å². The molecule has 1 amide bonds. The van der Waals surface area contributed by atoms with Gasteiger partial charge in [-0.15, -0.1) is 10.2 Å². The first-order chi connectivity index (χ1) is 18.0. The molecule has 5 aromatic rings. The largest absolute Gasteiger partial charge is 0.325 e. The Morgan fingerprint density at radius 2 is 1.49 bits per heavy atom. The Labute approximate surface area is 219 Å². The summed E-state index contributed by atoms with van der Waals surface area (Å²) in [7, 11) is 0. The molecular formula is C30H25FN4OS. The van der Waals surface area contributed by atoms with Gasteiger partial charge in [0.1, 0.15) is 5.82 Å². The average Bonchev–Trinajstić information content (AvgIpc) is 3.33. The second-order valence-corrected chi connectivity index (χ2v) is 9.93. The summed E-state index contributed by atoms with van der Waals surface area (Å²) in [5, 5.41) is 11.7. The molecule has 1 N–H and O–H groups in total. The first-order valence-corrected chi connectivity index (χ1v) is 12.8. The fourth-order valence-corrected chi connectivity index (χ4v) is 4.86. The smallest absolute Gasteiger partial charge is 0.237 e. The summed E-state index contributed by atoms with van der Waals surface area (Å²) in [6.07, 6.45) is 0. The van der Waals surface area contributed by atoms with Crippen molar-refractivity contribution in [2.24, 2.45) is 0 Å². The van der Waals surface area contributed by atoms with Crippen LogP contribution in [0.5, 0.6) is 0 Å². The topological polar surface area (TPSA) is 59.8 Å². The highest BCUT2D eigenvalue weighted by Gasteiger charge is 2.23. The van der Waals surface area contributed by atoms with E-state index in [0.717, 1.165) is 28.1 Å². The average molecular weight is 509 g/mol. The number of hydrogen-bond acceptors (Lipinski definition) is 4. The summed E-state index contributed by atoms with van der Waals surface area (Å²) < 4.78 is 16.5. The lowest BCUT2D eigenvalue weighted by molar-refractivity contribution is -0.115. The molecule has 1 aromatic heterocycles. The number of rotatable bonds is 7. The number of carbonyl (C=O) groups excluding carboxylic acids is 1. The van der Waals surface area contributed by atoms with Crippen molar-refractivity contribution < 1.29 is 9.18 Å². The monoisotopic (exact) mass is 508 g/mol. The molecule has 0 spiro atoms. The molecule has 184 valence electrons. The van der Waals surface area contributed by atoms with Crippen molar-refractivity contribution in [3.63, 3.8) is 0 Å². The van der Waals surface area contributed by atoms with Crippen LogP contribution in [0.15, 0.2) is 108 Å². The van der Waals surface area contributed by atoms with Crippen molar-refractivity contribution in [3.05, 3.63) is 115 Å². The Kier molecular flexibility index (Phi) is 7.14. The molecule has 0 fully saturated rings. The van der Waals surface area contributed by atoms with E-state index >= 15 is 0 Å². The zero-order chi connectivity index (χ0) is 25.8. The number of benzene rings is 4. The Bertz CT molecular complexity index is 1530. The quantitative estimate of drug-likeness (QED) is 0.237. The maximum atomic E-state index is 14.7. The van der Waals surface area contributed by atoms with Gasteiger partial charge in [0.25, 0.3) is 0 Å². The fraction of sp³-hybridized carbons (Fsp3) is 0.100. The minimum absolute atomic E-state index is 0.167. The van der Waals surface area contributed by atoms with Gasteiger partial charge in [-0.25, -0.2) is 4.39 Å². The lowest BCUT2D eigenvalue weighted by Gasteiger charge is -2.16.